The van der Waals surface area contributed by atoms with Crippen LogP contribution in [0.4, 0.5) is 0 Å². The first-order valence-electron chi connectivity index (χ1n) is 5.13. The molecule has 2 aliphatic rings. The molecule has 1 fully saturated rings. The van der Waals surface area contributed by atoms with Crippen LogP contribution in [-0.2, 0) is 14.5 Å². The maximum atomic E-state index is 11.8. The number of carbonyl (C=O) groups excluding carboxylic acids is 1. The zero-order valence-corrected chi connectivity index (χ0v) is 8.90. The van der Waals surface area contributed by atoms with Gasteiger partial charge in [-0.1, -0.05) is 10.3 Å². The summed E-state index contributed by atoms with van der Waals surface area (Å²) in [6, 6.07) is 0. The number of hydrogen-bond donors (Lipinski definition) is 0. The number of nitrogens with zero attached hydrogens (tertiary/aromatic N) is 2. The SMILES string of the molecule is C/C=N/OC(=O)C12CCCC1C(C)=NO2. The molecule has 0 spiro atoms. The summed E-state index contributed by atoms with van der Waals surface area (Å²) in [5, 5.41) is 7.38. The molecule has 5 heteroatoms. The highest BCUT2D eigenvalue weighted by Gasteiger charge is 2.58. The van der Waals surface area contributed by atoms with Gasteiger partial charge in [-0.2, -0.15) is 0 Å². The van der Waals surface area contributed by atoms with Gasteiger partial charge in [-0.3, -0.25) is 0 Å². The highest BCUT2D eigenvalue weighted by molar-refractivity contribution is 5.95. The average Bonchev–Trinajstić information content (AvgIpc) is 2.77. The third kappa shape index (κ3) is 1.42. The summed E-state index contributed by atoms with van der Waals surface area (Å²) >= 11 is 0. The summed E-state index contributed by atoms with van der Waals surface area (Å²) in [4.78, 5) is 21.9. The van der Waals surface area contributed by atoms with Crippen molar-refractivity contribution < 1.29 is 14.5 Å². The van der Waals surface area contributed by atoms with Crippen LogP contribution in [0.1, 0.15) is 33.1 Å². The molecule has 0 saturated heterocycles. The highest BCUT2D eigenvalue weighted by Crippen LogP contribution is 2.44. The van der Waals surface area contributed by atoms with E-state index in [4.69, 9.17) is 9.68 Å². The molecule has 0 bridgehead atoms. The van der Waals surface area contributed by atoms with Gasteiger partial charge in [0.2, 0.25) is 5.60 Å². The molecule has 1 aliphatic carbocycles. The Labute approximate surface area is 88.1 Å². The lowest BCUT2D eigenvalue weighted by Gasteiger charge is -2.22. The van der Waals surface area contributed by atoms with Gasteiger partial charge in [-0.25, -0.2) is 4.79 Å². The molecular weight excluding hydrogens is 196 g/mol. The van der Waals surface area contributed by atoms with Gasteiger partial charge in [-0.15, -0.1) is 0 Å². The molecule has 0 aromatic rings. The topological polar surface area (TPSA) is 60.2 Å². The first kappa shape index (κ1) is 10.1. The van der Waals surface area contributed by atoms with E-state index >= 15 is 0 Å². The highest BCUT2D eigenvalue weighted by atomic mass is 16.7. The lowest BCUT2D eigenvalue weighted by molar-refractivity contribution is -0.171. The van der Waals surface area contributed by atoms with Crippen molar-refractivity contribution in [2.45, 2.75) is 38.7 Å². The van der Waals surface area contributed by atoms with E-state index < -0.39 is 11.6 Å². The first-order chi connectivity index (χ1) is 7.20. The average molecular weight is 210 g/mol. The monoisotopic (exact) mass is 210 g/mol. The molecule has 1 aliphatic heterocycles. The minimum absolute atomic E-state index is 0.0667. The van der Waals surface area contributed by atoms with Crippen molar-refractivity contribution in [3.05, 3.63) is 0 Å². The van der Waals surface area contributed by atoms with E-state index in [-0.39, 0.29) is 5.92 Å². The van der Waals surface area contributed by atoms with Crippen molar-refractivity contribution in [2.24, 2.45) is 16.2 Å². The predicted molar refractivity (Wildman–Crippen MR) is 54.5 cm³/mol. The third-order valence-corrected chi connectivity index (χ3v) is 3.05. The molecule has 0 amide bonds. The number of carbonyl (C=O) groups is 1. The van der Waals surface area contributed by atoms with Crippen molar-refractivity contribution in [2.75, 3.05) is 0 Å². The van der Waals surface area contributed by atoms with Crippen LogP contribution in [0.2, 0.25) is 0 Å². The van der Waals surface area contributed by atoms with Crippen molar-refractivity contribution in [1.29, 1.82) is 0 Å². The second-order valence-electron chi connectivity index (χ2n) is 3.90. The van der Waals surface area contributed by atoms with Crippen LogP contribution >= 0.6 is 0 Å². The molecule has 5 nitrogen and oxygen atoms in total. The molecule has 1 saturated carbocycles. The zero-order valence-electron chi connectivity index (χ0n) is 8.90. The fraction of sp³-hybridized carbons (Fsp3) is 0.700. The predicted octanol–water partition coefficient (Wildman–Crippen LogP) is 1.48. The van der Waals surface area contributed by atoms with Gasteiger partial charge >= 0.3 is 5.97 Å². The zero-order chi connectivity index (χ0) is 10.9. The summed E-state index contributed by atoms with van der Waals surface area (Å²) in [6.07, 6.45) is 3.99. The maximum Gasteiger partial charge on any atom is 0.381 e. The van der Waals surface area contributed by atoms with Crippen LogP contribution in [0.3, 0.4) is 0 Å². The second-order valence-corrected chi connectivity index (χ2v) is 3.90. The van der Waals surface area contributed by atoms with E-state index in [0.717, 1.165) is 18.6 Å². The summed E-state index contributed by atoms with van der Waals surface area (Å²) in [5.74, 6) is -0.360. The molecule has 15 heavy (non-hydrogen) atoms. The van der Waals surface area contributed by atoms with Crippen LogP contribution in [-0.4, -0.2) is 23.5 Å². The lowest BCUT2D eigenvalue weighted by Crippen LogP contribution is -2.43. The first-order valence-corrected chi connectivity index (χ1v) is 5.13. The standard InChI is InChI=1S/C10H14N2O3/c1-3-11-14-9(13)10-6-4-5-8(10)7(2)12-15-10/h3,8H,4-6H2,1-2H3/b11-3+. The minimum atomic E-state index is -0.892. The van der Waals surface area contributed by atoms with E-state index in [9.17, 15) is 4.79 Å². The van der Waals surface area contributed by atoms with Gasteiger partial charge < -0.3 is 9.68 Å². The number of oxime groups is 2. The lowest BCUT2D eigenvalue weighted by atomic mass is 9.88. The van der Waals surface area contributed by atoms with Crippen molar-refractivity contribution in [3.8, 4) is 0 Å². The molecule has 1 heterocycles. The molecule has 2 rings (SSSR count). The largest absolute Gasteiger partial charge is 0.381 e. The molecule has 0 aromatic heterocycles. The fourth-order valence-corrected chi connectivity index (χ4v) is 2.31. The van der Waals surface area contributed by atoms with Gasteiger partial charge in [0.1, 0.15) is 0 Å². The van der Waals surface area contributed by atoms with Gasteiger partial charge in [0, 0.05) is 12.6 Å². The summed E-state index contributed by atoms with van der Waals surface area (Å²) < 4.78 is 0. The van der Waals surface area contributed by atoms with Crippen LogP contribution in [0.15, 0.2) is 10.3 Å². The summed E-state index contributed by atoms with van der Waals surface area (Å²) in [5.41, 5.74) is -0.0127. The molecule has 0 radical (unpaired) electrons. The smallest absolute Gasteiger partial charge is 0.376 e. The Kier molecular flexibility index (Phi) is 2.46. The minimum Gasteiger partial charge on any atom is -0.376 e. The maximum absolute atomic E-state index is 11.8. The van der Waals surface area contributed by atoms with E-state index in [1.54, 1.807) is 6.92 Å². The number of rotatable bonds is 2. The van der Waals surface area contributed by atoms with Crippen LogP contribution < -0.4 is 0 Å². The molecule has 2 unspecified atom stereocenters. The van der Waals surface area contributed by atoms with E-state index in [2.05, 4.69) is 10.3 Å². The fourth-order valence-electron chi connectivity index (χ4n) is 2.31. The third-order valence-electron chi connectivity index (χ3n) is 3.05. The molecule has 0 aromatic carbocycles. The Balaban J connectivity index is 2.16. The van der Waals surface area contributed by atoms with E-state index in [0.29, 0.717) is 6.42 Å². The molecule has 82 valence electrons. The summed E-state index contributed by atoms with van der Waals surface area (Å²) in [7, 11) is 0. The Morgan fingerprint density at radius 2 is 2.60 bits per heavy atom. The Morgan fingerprint density at radius 3 is 3.33 bits per heavy atom. The number of hydrogen-bond acceptors (Lipinski definition) is 5. The quantitative estimate of drug-likeness (QED) is 0.394. The Bertz CT molecular complexity index is 338. The van der Waals surface area contributed by atoms with E-state index in [1.165, 1.54) is 6.21 Å². The van der Waals surface area contributed by atoms with Crippen LogP contribution in [0.25, 0.3) is 0 Å². The van der Waals surface area contributed by atoms with E-state index in [1.807, 2.05) is 6.92 Å². The normalized spacial score (nSPS) is 33.7. The molecule has 0 N–H and O–H groups in total. The summed E-state index contributed by atoms with van der Waals surface area (Å²) in [6.45, 7) is 3.57. The second kappa shape index (κ2) is 3.64. The van der Waals surface area contributed by atoms with Gasteiger partial charge in [-0.05, 0) is 26.7 Å². The van der Waals surface area contributed by atoms with Crippen molar-refractivity contribution >= 4 is 17.9 Å². The van der Waals surface area contributed by atoms with Crippen molar-refractivity contribution in [3.63, 3.8) is 0 Å². The van der Waals surface area contributed by atoms with Gasteiger partial charge in [0.15, 0.2) is 0 Å². The van der Waals surface area contributed by atoms with Gasteiger partial charge in [0.05, 0.1) is 11.6 Å². The van der Waals surface area contributed by atoms with Crippen LogP contribution in [0, 0.1) is 5.92 Å². The Hall–Kier alpha value is -1.39. The Morgan fingerprint density at radius 1 is 1.80 bits per heavy atom. The molecular formula is C10H14N2O3. The molecule has 2 atom stereocenters. The van der Waals surface area contributed by atoms with Crippen LogP contribution in [0.5, 0.6) is 0 Å². The number of fused-ring (bicyclic) bond motifs is 1. The van der Waals surface area contributed by atoms with Gasteiger partial charge in [0.25, 0.3) is 0 Å². The van der Waals surface area contributed by atoms with Crippen molar-refractivity contribution in [1.82, 2.24) is 0 Å².